The van der Waals surface area contributed by atoms with Gasteiger partial charge in [-0.3, -0.25) is 5.43 Å². The summed E-state index contributed by atoms with van der Waals surface area (Å²) in [5.74, 6) is -0.837. The molecule has 1 N–H and O–H groups in total. The van der Waals surface area contributed by atoms with Crippen LogP contribution in [-0.4, -0.2) is 19.3 Å². The molecule has 0 bridgehead atoms. The molecule has 7 heteroatoms. The van der Waals surface area contributed by atoms with Gasteiger partial charge in [0.1, 0.15) is 11.6 Å². The van der Waals surface area contributed by atoms with Crippen LogP contribution in [0.4, 0.5) is 14.5 Å². The minimum Gasteiger partial charge on any atom is -0.493 e. The molecule has 28 heavy (non-hydrogen) atoms. The average molecular weight is 382 g/mol. The van der Waals surface area contributed by atoms with Crippen LogP contribution in [0.5, 0.6) is 11.5 Å². The van der Waals surface area contributed by atoms with Gasteiger partial charge in [0.25, 0.3) is 0 Å². The molecule has 3 aromatic rings. The lowest BCUT2D eigenvalue weighted by Gasteiger charge is -2.10. The molecule has 0 saturated heterocycles. The zero-order valence-electron chi connectivity index (χ0n) is 14.9. The molecule has 0 aliphatic rings. The lowest BCUT2D eigenvalue weighted by atomic mass is 10.2. The van der Waals surface area contributed by atoms with E-state index in [2.05, 4.69) is 10.5 Å². The standard InChI is InChI=1S/C21H16F2N2O3/c1-27-20-12-14(13-24-25-18-9-7-17(23)8-10-18)2-11-19(20)28-21(26)15-3-5-16(22)6-4-15/h2-13,25H,1H3/b24-13-. The second-order valence-electron chi connectivity index (χ2n) is 5.68. The molecule has 0 amide bonds. The largest absolute Gasteiger partial charge is 0.493 e. The molecule has 0 aliphatic heterocycles. The number of halogens is 2. The molecule has 0 unspecified atom stereocenters. The average Bonchev–Trinajstić information content (AvgIpc) is 2.71. The van der Waals surface area contributed by atoms with Crippen LogP contribution < -0.4 is 14.9 Å². The van der Waals surface area contributed by atoms with Crippen molar-refractivity contribution in [1.82, 2.24) is 0 Å². The van der Waals surface area contributed by atoms with E-state index in [1.807, 2.05) is 0 Å². The highest BCUT2D eigenvalue weighted by Crippen LogP contribution is 2.28. The van der Waals surface area contributed by atoms with E-state index < -0.39 is 11.8 Å². The van der Waals surface area contributed by atoms with Crippen molar-refractivity contribution in [2.45, 2.75) is 0 Å². The van der Waals surface area contributed by atoms with Gasteiger partial charge in [-0.15, -0.1) is 0 Å². The summed E-state index contributed by atoms with van der Waals surface area (Å²) in [6.45, 7) is 0. The summed E-state index contributed by atoms with van der Waals surface area (Å²) in [5.41, 5.74) is 4.32. The van der Waals surface area contributed by atoms with Crippen LogP contribution in [0.2, 0.25) is 0 Å². The first-order valence-corrected chi connectivity index (χ1v) is 8.25. The molecule has 0 aromatic heterocycles. The highest BCUT2D eigenvalue weighted by Gasteiger charge is 2.13. The maximum Gasteiger partial charge on any atom is 0.343 e. The summed E-state index contributed by atoms with van der Waals surface area (Å²) >= 11 is 0. The second-order valence-corrected chi connectivity index (χ2v) is 5.68. The Bertz CT molecular complexity index is 988. The molecule has 142 valence electrons. The van der Waals surface area contributed by atoms with Crippen molar-refractivity contribution in [2.75, 3.05) is 12.5 Å². The molecular formula is C21H16F2N2O3. The van der Waals surface area contributed by atoms with Crippen molar-refractivity contribution in [3.8, 4) is 11.5 Å². The third-order valence-corrected chi connectivity index (χ3v) is 3.72. The van der Waals surface area contributed by atoms with Crippen LogP contribution >= 0.6 is 0 Å². The van der Waals surface area contributed by atoms with Crippen molar-refractivity contribution < 1.29 is 23.0 Å². The molecule has 0 spiro atoms. The van der Waals surface area contributed by atoms with Crippen molar-refractivity contribution in [1.29, 1.82) is 0 Å². The Morgan fingerprint density at radius 3 is 2.21 bits per heavy atom. The molecule has 3 rings (SSSR count). The van der Waals surface area contributed by atoms with Crippen LogP contribution in [0.1, 0.15) is 15.9 Å². The maximum atomic E-state index is 13.0. The smallest absolute Gasteiger partial charge is 0.343 e. The van der Waals surface area contributed by atoms with Crippen LogP contribution in [0.3, 0.4) is 0 Å². The second kappa shape index (κ2) is 8.77. The first-order valence-electron chi connectivity index (χ1n) is 8.25. The van der Waals surface area contributed by atoms with Crippen molar-refractivity contribution in [2.24, 2.45) is 5.10 Å². The van der Waals surface area contributed by atoms with E-state index in [9.17, 15) is 13.6 Å². The Morgan fingerprint density at radius 2 is 1.57 bits per heavy atom. The molecular weight excluding hydrogens is 366 g/mol. The van der Waals surface area contributed by atoms with E-state index in [1.165, 1.54) is 49.7 Å². The van der Waals surface area contributed by atoms with Gasteiger partial charge in [0, 0.05) is 0 Å². The predicted octanol–water partition coefficient (Wildman–Crippen LogP) is 4.64. The van der Waals surface area contributed by atoms with E-state index in [-0.39, 0.29) is 17.1 Å². The minimum atomic E-state index is -0.627. The van der Waals surface area contributed by atoms with Crippen LogP contribution in [0.25, 0.3) is 0 Å². The molecule has 5 nitrogen and oxygen atoms in total. The minimum absolute atomic E-state index is 0.220. The molecule has 0 aliphatic carbocycles. The zero-order valence-corrected chi connectivity index (χ0v) is 14.9. The van der Waals surface area contributed by atoms with Crippen molar-refractivity contribution in [3.63, 3.8) is 0 Å². The quantitative estimate of drug-likeness (QED) is 0.292. The maximum absolute atomic E-state index is 13.0. The summed E-state index contributed by atoms with van der Waals surface area (Å²) in [6, 6.07) is 15.7. The van der Waals surface area contributed by atoms with Gasteiger partial charge in [-0.05, 0) is 72.3 Å². The number of carbonyl (C=O) groups excluding carboxylic acids is 1. The van der Waals surface area contributed by atoms with Gasteiger partial charge in [-0.2, -0.15) is 5.10 Å². The first kappa shape index (κ1) is 19.0. The molecule has 0 fully saturated rings. The highest BCUT2D eigenvalue weighted by molar-refractivity contribution is 5.91. The number of carbonyl (C=O) groups is 1. The Kier molecular flexibility index (Phi) is 5.96. The third kappa shape index (κ3) is 4.91. The van der Waals surface area contributed by atoms with Gasteiger partial charge in [-0.25, -0.2) is 13.6 Å². The summed E-state index contributed by atoms with van der Waals surface area (Å²) in [4.78, 5) is 12.2. The normalized spacial score (nSPS) is 10.7. The summed E-state index contributed by atoms with van der Waals surface area (Å²) in [5, 5.41) is 4.07. The SMILES string of the molecule is COc1cc(/C=N\Nc2ccc(F)cc2)ccc1OC(=O)c1ccc(F)cc1. The van der Waals surface area contributed by atoms with Crippen LogP contribution in [-0.2, 0) is 0 Å². The van der Waals surface area contributed by atoms with E-state index in [0.29, 0.717) is 17.0 Å². The van der Waals surface area contributed by atoms with Gasteiger partial charge >= 0.3 is 5.97 Å². The van der Waals surface area contributed by atoms with E-state index in [4.69, 9.17) is 9.47 Å². The zero-order chi connectivity index (χ0) is 19.9. The van der Waals surface area contributed by atoms with Gasteiger partial charge in [0.2, 0.25) is 0 Å². The highest BCUT2D eigenvalue weighted by atomic mass is 19.1. The Balaban J connectivity index is 1.69. The number of rotatable bonds is 6. The van der Waals surface area contributed by atoms with Crippen LogP contribution in [0, 0.1) is 11.6 Å². The summed E-state index contributed by atoms with van der Waals surface area (Å²) in [6.07, 6.45) is 1.54. The van der Waals surface area contributed by atoms with Gasteiger partial charge in [0.05, 0.1) is 24.6 Å². The van der Waals surface area contributed by atoms with Crippen molar-refractivity contribution >= 4 is 17.9 Å². The van der Waals surface area contributed by atoms with E-state index in [0.717, 1.165) is 0 Å². The topological polar surface area (TPSA) is 59.9 Å². The lowest BCUT2D eigenvalue weighted by Crippen LogP contribution is -2.09. The number of anilines is 1. The number of nitrogens with one attached hydrogen (secondary N) is 1. The number of ether oxygens (including phenoxy) is 2. The van der Waals surface area contributed by atoms with Gasteiger partial charge in [0.15, 0.2) is 11.5 Å². The van der Waals surface area contributed by atoms with E-state index >= 15 is 0 Å². The lowest BCUT2D eigenvalue weighted by molar-refractivity contribution is 0.0729. The number of nitrogens with zero attached hydrogens (tertiary/aromatic N) is 1. The monoisotopic (exact) mass is 382 g/mol. The number of hydrogen-bond donors (Lipinski definition) is 1. The fourth-order valence-electron chi connectivity index (χ4n) is 2.30. The summed E-state index contributed by atoms with van der Waals surface area (Å²) in [7, 11) is 1.45. The van der Waals surface area contributed by atoms with Gasteiger partial charge in [-0.1, -0.05) is 0 Å². The molecule has 3 aromatic carbocycles. The molecule has 0 radical (unpaired) electrons. The Hall–Kier alpha value is -3.74. The van der Waals surface area contributed by atoms with Crippen molar-refractivity contribution in [3.05, 3.63) is 89.5 Å². The molecule has 0 atom stereocenters. The number of hydrogen-bond acceptors (Lipinski definition) is 5. The Labute approximate surface area is 160 Å². The number of hydrazone groups is 1. The number of benzene rings is 3. The van der Waals surface area contributed by atoms with Crippen LogP contribution in [0.15, 0.2) is 71.8 Å². The van der Waals surface area contributed by atoms with Gasteiger partial charge < -0.3 is 9.47 Å². The first-order chi connectivity index (χ1) is 13.5. The fraction of sp³-hybridized carbons (Fsp3) is 0.0476. The third-order valence-electron chi connectivity index (χ3n) is 3.72. The fourth-order valence-corrected chi connectivity index (χ4v) is 2.30. The molecule has 0 heterocycles. The molecule has 0 saturated carbocycles. The number of methoxy groups -OCH3 is 1. The Morgan fingerprint density at radius 1 is 0.929 bits per heavy atom. The summed E-state index contributed by atoms with van der Waals surface area (Å²) < 4.78 is 36.4. The predicted molar refractivity (Wildman–Crippen MR) is 102 cm³/mol. The number of esters is 1. The van der Waals surface area contributed by atoms with E-state index in [1.54, 1.807) is 30.3 Å².